The topological polar surface area (TPSA) is 50.7 Å². The van der Waals surface area contributed by atoms with Crippen molar-refractivity contribution in [1.29, 1.82) is 0 Å². The van der Waals surface area contributed by atoms with Gasteiger partial charge in [0.2, 0.25) is 5.66 Å². The van der Waals surface area contributed by atoms with Gasteiger partial charge in [-0.15, -0.1) is 0 Å². The molecule has 0 bridgehead atoms. The fourth-order valence-corrected chi connectivity index (χ4v) is 0.444. The summed E-state index contributed by atoms with van der Waals surface area (Å²) in [6, 6.07) is 0. The number of carbonyl (C=O) groups is 1. The van der Waals surface area contributed by atoms with Crippen molar-refractivity contribution >= 4 is 12.7 Å². The largest absolute Gasteiger partial charge is 0.466 e. The Morgan fingerprint density at radius 3 is 2.40 bits per heavy atom. The van der Waals surface area contributed by atoms with Gasteiger partial charge in [0.15, 0.2) is 0 Å². The second kappa shape index (κ2) is 3.31. The average Bonchev–Trinajstić information content (AvgIpc) is 2.01. The standard InChI is InChI=1S/C6H12N2O2/c1-6(7-2,8-3)5(9)10-4/h8H,2H2,1,3-4H3. The highest BCUT2D eigenvalue weighted by molar-refractivity contribution is 5.80. The van der Waals surface area contributed by atoms with E-state index in [2.05, 4.69) is 21.8 Å². The molecule has 0 aromatic heterocycles. The van der Waals surface area contributed by atoms with Gasteiger partial charge >= 0.3 is 5.97 Å². The van der Waals surface area contributed by atoms with Gasteiger partial charge in [-0.2, -0.15) is 0 Å². The number of ether oxygens (including phenoxy) is 1. The molecule has 0 aromatic carbocycles. The van der Waals surface area contributed by atoms with E-state index >= 15 is 0 Å². The van der Waals surface area contributed by atoms with Gasteiger partial charge in [0, 0.05) is 0 Å². The van der Waals surface area contributed by atoms with Crippen LogP contribution in [0.1, 0.15) is 6.92 Å². The van der Waals surface area contributed by atoms with Crippen molar-refractivity contribution in [2.24, 2.45) is 4.99 Å². The Bertz CT molecular complexity index is 147. The Hall–Kier alpha value is -0.900. The summed E-state index contributed by atoms with van der Waals surface area (Å²) >= 11 is 0. The van der Waals surface area contributed by atoms with Crippen LogP contribution in [0.15, 0.2) is 4.99 Å². The highest BCUT2D eigenvalue weighted by atomic mass is 16.5. The Kier molecular flexibility index (Phi) is 3.02. The molecule has 58 valence electrons. The molecular formula is C6H12N2O2. The molecule has 4 nitrogen and oxygen atoms in total. The molecule has 0 saturated carbocycles. The van der Waals surface area contributed by atoms with Crippen molar-refractivity contribution in [2.75, 3.05) is 14.2 Å². The number of rotatable bonds is 3. The zero-order chi connectivity index (χ0) is 8.20. The van der Waals surface area contributed by atoms with E-state index in [-0.39, 0.29) is 0 Å². The molecule has 0 aliphatic heterocycles. The SMILES string of the molecule is C=NC(C)(NC)C(=O)OC. The third-order valence-electron chi connectivity index (χ3n) is 1.39. The van der Waals surface area contributed by atoms with Crippen molar-refractivity contribution < 1.29 is 9.53 Å². The van der Waals surface area contributed by atoms with E-state index < -0.39 is 11.6 Å². The lowest BCUT2D eigenvalue weighted by atomic mass is 10.2. The number of nitrogens with one attached hydrogen (secondary N) is 1. The predicted molar refractivity (Wildman–Crippen MR) is 39.0 cm³/mol. The van der Waals surface area contributed by atoms with Gasteiger partial charge in [0.25, 0.3) is 0 Å². The van der Waals surface area contributed by atoms with Gasteiger partial charge in [-0.3, -0.25) is 10.3 Å². The zero-order valence-corrected chi connectivity index (χ0v) is 6.47. The predicted octanol–water partition coefficient (Wildman–Crippen LogP) is -0.204. The molecule has 0 aromatic rings. The van der Waals surface area contributed by atoms with Crippen LogP contribution in [0.2, 0.25) is 0 Å². The first-order valence-electron chi connectivity index (χ1n) is 2.86. The second-order valence-corrected chi connectivity index (χ2v) is 1.97. The molecule has 0 aliphatic carbocycles. The van der Waals surface area contributed by atoms with E-state index in [1.54, 1.807) is 14.0 Å². The van der Waals surface area contributed by atoms with Crippen LogP contribution in [-0.4, -0.2) is 32.5 Å². The monoisotopic (exact) mass is 144 g/mol. The maximum Gasteiger partial charge on any atom is 0.348 e. The normalized spacial score (nSPS) is 15.5. The maximum atomic E-state index is 10.9. The molecule has 0 fully saturated rings. The average molecular weight is 144 g/mol. The molecule has 0 spiro atoms. The van der Waals surface area contributed by atoms with E-state index in [0.717, 1.165) is 0 Å². The fraction of sp³-hybridized carbons (Fsp3) is 0.667. The Morgan fingerprint density at radius 1 is 1.80 bits per heavy atom. The minimum atomic E-state index is -1.01. The summed E-state index contributed by atoms with van der Waals surface area (Å²) in [5.41, 5.74) is -1.01. The highest BCUT2D eigenvalue weighted by Crippen LogP contribution is 2.04. The van der Waals surface area contributed by atoms with E-state index in [1.165, 1.54) is 7.11 Å². The highest BCUT2D eigenvalue weighted by Gasteiger charge is 2.30. The minimum Gasteiger partial charge on any atom is -0.466 e. The van der Waals surface area contributed by atoms with Gasteiger partial charge in [0.05, 0.1) is 7.11 Å². The summed E-state index contributed by atoms with van der Waals surface area (Å²) in [4.78, 5) is 14.5. The van der Waals surface area contributed by atoms with E-state index in [1.807, 2.05) is 0 Å². The van der Waals surface area contributed by atoms with Crippen LogP contribution in [0.3, 0.4) is 0 Å². The van der Waals surface area contributed by atoms with Crippen LogP contribution in [0.4, 0.5) is 0 Å². The first-order valence-corrected chi connectivity index (χ1v) is 2.86. The number of hydrogen-bond donors (Lipinski definition) is 1. The molecule has 1 atom stereocenters. The summed E-state index contributed by atoms with van der Waals surface area (Å²) in [7, 11) is 2.93. The first kappa shape index (κ1) is 9.10. The van der Waals surface area contributed by atoms with Crippen molar-refractivity contribution in [3.63, 3.8) is 0 Å². The van der Waals surface area contributed by atoms with Gasteiger partial charge in [-0.25, -0.2) is 4.79 Å². The van der Waals surface area contributed by atoms with Gasteiger partial charge in [-0.1, -0.05) is 0 Å². The van der Waals surface area contributed by atoms with Crippen molar-refractivity contribution in [2.45, 2.75) is 12.6 Å². The summed E-state index contributed by atoms with van der Waals surface area (Å²) in [5.74, 6) is -0.440. The van der Waals surface area contributed by atoms with Gasteiger partial charge < -0.3 is 4.74 Å². The summed E-state index contributed by atoms with van der Waals surface area (Å²) < 4.78 is 4.46. The summed E-state index contributed by atoms with van der Waals surface area (Å²) in [5, 5.41) is 2.68. The van der Waals surface area contributed by atoms with E-state index in [4.69, 9.17) is 0 Å². The van der Waals surface area contributed by atoms with Crippen LogP contribution >= 0.6 is 0 Å². The number of methoxy groups -OCH3 is 1. The summed E-state index contributed by atoms with van der Waals surface area (Å²) in [6.45, 7) is 4.85. The van der Waals surface area contributed by atoms with Crippen LogP contribution in [-0.2, 0) is 9.53 Å². The first-order chi connectivity index (χ1) is 4.60. The lowest BCUT2D eigenvalue weighted by Crippen LogP contribution is -2.46. The Balaban J connectivity index is 4.31. The molecule has 1 unspecified atom stereocenters. The molecule has 0 aliphatic rings. The van der Waals surface area contributed by atoms with Crippen LogP contribution in [0.25, 0.3) is 0 Å². The third-order valence-corrected chi connectivity index (χ3v) is 1.39. The van der Waals surface area contributed by atoms with Gasteiger partial charge in [0.1, 0.15) is 0 Å². The molecule has 10 heavy (non-hydrogen) atoms. The Labute approximate surface area is 60.3 Å². The molecule has 0 saturated heterocycles. The molecule has 0 heterocycles. The fourth-order valence-electron chi connectivity index (χ4n) is 0.444. The van der Waals surface area contributed by atoms with Crippen LogP contribution in [0, 0.1) is 0 Å². The molecule has 4 heteroatoms. The molecule has 0 rings (SSSR count). The third kappa shape index (κ3) is 1.54. The molecular weight excluding hydrogens is 132 g/mol. The second-order valence-electron chi connectivity index (χ2n) is 1.97. The van der Waals surface area contributed by atoms with E-state index in [0.29, 0.717) is 0 Å². The quantitative estimate of drug-likeness (QED) is 0.440. The molecule has 0 radical (unpaired) electrons. The number of carbonyl (C=O) groups excluding carboxylic acids is 1. The number of likely N-dealkylation sites (N-methyl/N-ethyl adjacent to an activating group) is 1. The summed E-state index contributed by atoms with van der Waals surface area (Å²) in [6.07, 6.45) is 0. The number of nitrogens with zero attached hydrogens (tertiary/aromatic N) is 1. The molecule has 0 amide bonds. The van der Waals surface area contributed by atoms with Crippen molar-refractivity contribution in [3.8, 4) is 0 Å². The van der Waals surface area contributed by atoms with Gasteiger partial charge in [-0.05, 0) is 20.7 Å². The lowest BCUT2D eigenvalue weighted by molar-refractivity contribution is -0.147. The lowest BCUT2D eigenvalue weighted by Gasteiger charge is -2.19. The minimum absolute atomic E-state index is 0.440. The van der Waals surface area contributed by atoms with Crippen LogP contribution in [0.5, 0.6) is 0 Å². The maximum absolute atomic E-state index is 10.9. The number of aliphatic imine (C=N–C) groups is 1. The Morgan fingerprint density at radius 2 is 2.30 bits per heavy atom. The smallest absolute Gasteiger partial charge is 0.348 e. The van der Waals surface area contributed by atoms with Crippen LogP contribution < -0.4 is 5.32 Å². The number of hydrogen-bond acceptors (Lipinski definition) is 4. The number of esters is 1. The van der Waals surface area contributed by atoms with E-state index in [9.17, 15) is 4.79 Å². The van der Waals surface area contributed by atoms with Crippen molar-refractivity contribution in [1.82, 2.24) is 5.32 Å². The molecule has 1 N–H and O–H groups in total. The zero-order valence-electron chi connectivity index (χ0n) is 6.47. The van der Waals surface area contributed by atoms with Crippen molar-refractivity contribution in [3.05, 3.63) is 0 Å².